The van der Waals surface area contributed by atoms with Crippen molar-refractivity contribution >= 4 is 5.91 Å². The molecular weight excluding hydrogens is 252 g/mol. The zero-order valence-corrected chi connectivity index (χ0v) is 12.5. The van der Waals surface area contributed by atoms with Crippen molar-refractivity contribution in [2.45, 2.75) is 31.7 Å². The van der Waals surface area contributed by atoms with Gasteiger partial charge in [0.2, 0.25) is 5.91 Å². The third-order valence-electron chi connectivity index (χ3n) is 3.36. The van der Waals surface area contributed by atoms with E-state index in [1.807, 2.05) is 25.2 Å². The molecular formula is C16H26N2O2. The maximum absolute atomic E-state index is 12.0. The average Bonchev–Trinajstić information content (AvgIpc) is 2.47. The number of carbonyl (C=O) groups is 1. The average molecular weight is 278 g/mol. The molecule has 0 heterocycles. The fourth-order valence-electron chi connectivity index (χ4n) is 2.13. The fraction of sp³-hybridized carbons (Fsp3) is 0.562. The van der Waals surface area contributed by atoms with E-state index in [0.717, 1.165) is 25.8 Å². The molecule has 0 saturated carbocycles. The van der Waals surface area contributed by atoms with Gasteiger partial charge in [-0.1, -0.05) is 30.3 Å². The van der Waals surface area contributed by atoms with Gasteiger partial charge >= 0.3 is 0 Å². The summed E-state index contributed by atoms with van der Waals surface area (Å²) in [7, 11) is 3.48. The number of ether oxygens (including phenoxy) is 1. The first-order valence-corrected chi connectivity index (χ1v) is 7.18. The maximum atomic E-state index is 12.0. The van der Waals surface area contributed by atoms with Crippen molar-refractivity contribution < 1.29 is 9.53 Å². The van der Waals surface area contributed by atoms with Crippen LogP contribution in [-0.2, 0) is 16.0 Å². The Morgan fingerprint density at radius 2 is 2.00 bits per heavy atom. The molecule has 0 aliphatic carbocycles. The van der Waals surface area contributed by atoms with E-state index in [-0.39, 0.29) is 5.91 Å². The van der Waals surface area contributed by atoms with E-state index in [2.05, 4.69) is 12.1 Å². The van der Waals surface area contributed by atoms with Gasteiger partial charge in [0.25, 0.3) is 0 Å². The Bertz CT molecular complexity index is 381. The zero-order valence-electron chi connectivity index (χ0n) is 12.5. The molecule has 112 valence electrons. The summed E-state index contributed by atoms with van der Waals surface area (Å²) in [5, 5.41) is 0. The number of nitrogens with zero attached hydrogens (tertiary/aromatic N) is 1. The highest BCUT2D eigenvalue weighted by Crippen LogP contribution is 2.05. The van der Waals surface area contributed by atoms with Gasteiger partial charge < -0.3 is 15.4 Å². The van der Waals surface area contributed by atoms with Crippen molar-refractivity contribution in [3.63, 3.8) is 0 Å². The van der Waals surface area contributed by atoms with Crippen molar-refractivity contribution in [2.24, 2.45) is 5.73 Å². The van der Waals surface area contributed by atoms with Crippen LogP contribution in [-0.4, -0.2) is 44.2 Å². The van der Waals surface area contributed by atoms with Gasteiger partial charge in [-0.05, 0) is 31.2 Å². The molecule has 0 saturated heterocycles. The molecule has 1 unspecified atom stereocenters. The number of hydrogen-bond donors (Lipinski definition) is 1. The molecule has 0 aliphatic heterocycles. The summed E-state index contributed by atoms with van der Waals surface area (Å²) in [5.41, 5.74) is 7.20. The van der Waals surface area contributed by atoms with E-state index in [9.17, 15) is 4.79 Å². The molecule has 4 nitrogen and oxygen atoms in total. The van der Waals surface area contributed by atoms with Gasteiger partial charge in [0.05, 0.1) is 6.04 Å². The van der Waals surface area contributed by atoms with E-state index in [1.54, 1.807) is 12.0 Å². The summed E-state index contributed by atoms with van der Waals surface area (Å²) in [6.07, 6.45) is 3.44. The number of amides is 1. The lowest BCUT2D eigenvalue weighted by atomic mass is 10.1. The van der Waals surface area contributed by atoms with E-state index < -0.39 is 6.04 Å². The lowest BCUT2D eigenvalue weighted by Crippen LogP contribution is -2.42. The van der Waals surface area contributed by atoms with Crippen molar-refractivity contribution in [1.29, 1.82) is 0 Å². The molecule has 1 aromatic rings. The molecule has 2 N–H and O–H groups in total. The number of likely N-dealkylation sites (N-methyl/N-ethyl adjacent to an activating group) is 1. The Hall–Kier alpha value is -1.39. The largest absolute Gasteiger partial charge is 0.385 e. The number of methoxy groups -OCH3 is 1. The highest BCUT2D eigenvalue weighted by Gasteiger charge is 2.17. The van der Waals surface area contributed by atoms with Crippen molar-refractivity contribution in [3.05, 3.63) is 35.9 Å². The van der Waals surface area contributed by atoms with E-state index >= 15 is 0 Å². The number of nitrogens with two attached hydrogens (primary N) is 1. The van der Waals surface area contributed by atoms with Crippen LogP contribution in [0.2, 0.25) is 0 Å². The van der Waals surface area contributed by atoms with Crippen molar-refractivity contribution in [1.82, 2.24) is 4.90 Å². The highest BCUT2D eigenvalue weighted by molar-refractivity contribution is 5.81. The summed E-state index contributed by atoms with van der Waals surface area (Å²) in [6, 6.07) is 9.90. The molecule has 0 bridgehead atoms. The first-order chi connectivity index (χ1) is 9.65. The van der Waals surface area contributed by atoms with Crippen LogP contribution >= 0.6 is 0 Å². The van der Waals surface area contributed by atoms with E-state index in [4.69, 9.17) is 10.5 Å². The standard InChI is InChI=1S/C16H26N2O2/c1-18(16(19)15(17)11-7-13-20-2)12-6-10-14-8-4-3-5-9-14/h3-5,8-9,15H,6-7,10-13,17H2,1-2H3. The second-order valence-electron chi connectivity index (χ2n) is 5.09. The number of aryl methyl sites for hydroxylation is 1. The van der Waals surface area contributed by atoms with Gasteiger partial charge in [0.15, 0.2) is 0 Å². The smallest absolute Gasteiger partial charge is 0.239 e. The number of hydrogen-bond acceptors (Lipinski definition) is 3. The van der Waals surface area contributed by atoms with Crippen LogP contribution in [0.5, 0.6) is 0 Å². The number of benzene rings is 1. The maximum Gasteiger partial charge on any atom is 0.239 e. The number of rotatable bonds is 9. The van der Waals surface area contributed by atoms with Gasteiger partial charge in [-0.3, -0.25) is 4.79 Å². The van der Waals surface area contributed by atoms with Gasteiger partial charge in [0, 0.05) is 27.3 Å². The van der Waals surface area contributed by atoms with Crippen LogP contribution in [0, 0.1) is 0 Å². The molecule has 1 atom stereocenters. The quantitative estimate of drug-likeness (QED) is 0.701. The lowest BCUT2D eigenvalue weighted by molar-refractivity contribution is -0.131. The third-order valence-corrected chi connectivity index (χ3v) is 3.36. The molecule has 0 spiro atoms. The summed E-state index contributed by atoms with van der Waals surface area (Å²) >= 11 is 0. The Labute approximate surface area is 121 Å². The van der Waals surface area contributed by atoms with Crippen molar-refractivity contribution in [3.8, 4) is 0 Å². The van der Waals surface area contributed by atoms with E-state index in [0.29, 0.717) is 13.0 Å². The molecule has 0 aliphatic rings. The summed E-state index contributed by atoms with van der Waals surface area (Å²) < 4.78 is 4.97. The van der Waals surface area contributed by atoms with Crippen molar-refractivity contribution in [2.75, 3.05) is 27.3 Å². The minimum absolute atomic E-state index is 0.0224. The predicted octanol–water partition coefficient (Wildman–Crippen LogP) is 1.83. The Morgan fingerprint density at radius 3 is 2.65 bits per heavy atom. The predicted molar refractivity (Wildman–Crippen MR) is 81.5 cm³/mol. The second kappa shape index (κ2) is 9.50. The fourth-order valence-corrected chi connectivity index (χ4v) is 2.13. The molecule has 1 aromatic carbocycles. The number of carbonyl (C=O) groups excluding carboxylic acids is 1. The minimum atomic E-state index is -0.410. The zero-order chi connectivity index (χ0) is 14.8. The van der Waals surface area contributed by atoms with Crippen LogP contribution < -0.4 is 5.73 Å². The Kier molecular flexibility index (Phi) is 7.92. The summed E-state index contributed by atoms with van der Waals surface area (Å²) in [4.78, 5) is 13.8. The van der Waals surface area contributed by atoms with Crippen LogP contribution in [0.4, 0.5) is 0 Å². The highest BCUT2D eigenvalue weighted by atomic mass is 16.5. The van der Waals surface area contributed by atoms with Gasteiger partial charge in [-0.15, -0.1) is 0 Å². The first-order valence-electron chi connectivity index (χ1n) is 7.18. The molecule has 0 fully saturated rings. The van der Waals surface area contributed by atoms with Crippen LogP contribution in [0.25, 0.3) is 0 Å². The molecule has 0 aromatic heterocycles. The van der Waals surface area contributed by atoms with Gasteiger partial charge in [0.1, 0.15) is 0 Å². The van der Waals surface area contributed by atoms with E-state index in [1.165, 1.54) is 5.56 Å². The van der Waals surface area contributed by atoms with Gasteiger partial charge in [-0.2, -0.15) is 0 Å². The molecule has 4 heteroatoms. The van der Waals surface area contributed by atoms with Gasteiger partial charge in [-0.25, -0.2) is 0 Å². The normalized spacial score (nSPS) is 12.2. The minimum Gasteiger partial charge on any atom is -0.385 e. The second-order valence-corrected chi connectivity index (χ2v) is 5.09. The molecule has 20 heavy (non-hydrogen) atoms. The Balaban J connectivity index is 2.24. The first kappa shape index (κ1) is 16.7. The summed E-state index contributed by atoms with van der Waals surface area (Å²) in [6.45, 7) is 1.39. The monoisotopic (exact) mass is 278 g/mol. The van der Waals surface area contributed by atoms with Crippen LogP contribution in [0.15, 0.2) is 30.3 Å². The lowest BCUT2D eigenvalue weighted by Gasteiger charge is -2.21. The molecule has 0 radical (unpaired) electrons. The third kappa shape index (κ3) is 6.17. The van der Waals surface area contributed by atoms with Crippen LogP contribution in [0.3, 0.4) is 0 Å². The summed E-state index contributed by atoms with van der Waals surface area (Å²) in [5.74, 6) is 0.0224. The SMILES string of the molecule is COCCCC(N)C(=O)N(C)CCCc1ccccc1. The molecule has 1 rings (SSSR count). The van der Waals surface area contributed by atoms with Crippen LogP contribution in [0.1, 0.15) is 24.8 Å². The Morgan fingerprint density at radius 1 is 1.30 bits per heavy atom. The molecule has 1 amide bonds. The topological polar surface area (TPSA) is 55.6 Å².